The minimum Gasteiger partial charge on any atom is -0.395 e. The monoisotopic (exact) mass is 252 g/mol. The molecule has 0 spiro atoms. The predicted octanol–water partition coefficient (Wildman–Crippen LogP) is 0.744. The van der Waals surface area contributed by atoms with Crippen molar-refractivity contribution in [1.82, 2.24) is 0 Å². The van der Waals surface area contributed by atoms with Gasteiger partial charge in [-0.15, -0.1) is 0 Å². The van der Waals surface area contributed by atoms with Crippen LogP contribution in [-0.2, 0) is 4.79 Å². The lowest BCUT2D eigenvalue weighted by Crippen LogP contribution is -2.29. The van der Waals surface area contributed by atoms with Crippen LogP contribution < -0.4 is 10.2 Å². The van der Waals surface area contributed by atoms with Gasteiger partial charge in [0.05, 0.1) is 13.2 Å². The number of nitrogens with one attached hydrogen (secondary N) is 1. The van der Waals surface area contributed by atoms with Crippen LogP contribution in [0.5, 0.6) is 0 Å². The first kappa shape index (κ1) is 14.5. The van der Waals surface area contributed by atoms with E-state index in [1.165, 1.54) is 6.92 Å². The van der Waals surface area contributed by atoms with E-state index in [2.05, 4.69) is 5.32 Å². The molecule has 0 saturated heterocycles. The lowest BCUT2D eigenvalue weighted by molar-refractivity contribution is -0.114. The summed E-state index contributed by atoms with van der Waals surface area (Å²) in [5, 5.41) is 20.8. The average Bonchev–Trinajstić information content (AvgIpc) is 2.31. The maximum atomic E-state index is 11.1. The predicted molar refractivity (Wildman–Crippen MR) is 71.9 cm³/mol. The highest BCUT2D eigenvalue weighted by Gasteiger charge is 2.08. The van der Waals surface area contributed by atoms with E-state index >= 15 is 0 Å². The second-order valence-electron chi connectivity index (χ2n) is 4.11. The van der Waals surface area contributed by atoms with Crippen LogP contribution in [0.3, 0.4) is 0 Å². The van der Waals surface area contributed by atoms with Gasteiger partial charge in [-0.2, -0.15) is 0 Å². The molecule has 5 nitrogen and oxygen atoms in total. The van der Waals surface area contributed by atoms with Gasteiger partial charge in [-0.25, -0.2) is 0 Å². The number of amides is 1. The molecular formula is C13H20N2O3. The van der Waals surface area contributed by atoms with Gasteiger partial charge in [0.25, 0.3) is 0 Å². The molecule has 1 aromatic rings. The Kier molecular flexibility index (Phi) is 5.61. The highest BCUT2D eigenvalue weighted by atomic mass is 16.3. The number of hydrogen-bond acceptors (Lipinski definition) is 4. The molecule has 0 aliphatic carbocycles. The van der Waals surface area contributed by atoms with Crippen molar-refractivity contribution < 1.29 is 15.0 Å². The first-order valence-corrected chi connectivity index (χ1v) is 5.93. The summed E-state index contributed by atoms with van der Waals surface area (Å²) in [6.45, 7) is 4.31. The number of aliphatic hydroxyl groups is 2. The number of nitrogens with zero attached hydrogens (tertiary/aromatic N) is 1. The molecule has 0 heterocycles. The molecule has 0 aliphatic rings. The molecule has 3 N–H and O–H groups in total. The van der Waals surface area contributed by atoms with Crippen LogP contribution in [0.15, 0.2) is 18.2 Å². The average molecular weight is 252 g/mol. The van der Waals surface area contributed by atoms with Gasteiger partial charge in [0, 0.05) is 31.4 Å². The lowest BCUT2D eigenvalue weighted by atomic mass is 10.1. The number of carbonyl (C=O) groups excluding carboxylic acids is 1. The standard InChI is InChI=1S/C13H20N2O3/c1-10-3-4-12(9-13(10)14-11(2)18)15(5-7-16)6-8-17/h3-4,9,16-17H,5-8H2,1-2H3,(H,14,18). The van der Waals surface area contributed by atoms with Crippen LogP contribution in [0.1, 0.15) is 12.5 Å². The third kappa shape index (κ3) is 4.01. The van der Waals surface area contributed by atoms with E-state index in [9.17, 15) is 4.79 Å². The zero-order valence-corrected chi connectivity index (χ0v) is 10.8. The SMILES string of the molecule is CC(=O)Nc1cc(N(CCO)CCO)ccc1C. The summed E-state index contributed by atoms with van der Waals surface area (Å²) in [5.74, 6) is -0.119. The molecule has 18 heavy (non-hydrogen) atoms. The Hall–Kier alpha value is -1.59. The summed E-state index contributed by atoms with van der Waals surface area (Å²) >= 11 is 0. The van der Waals surface area contributed by atoms with E-state index in [0.717, 1.165) is 16.9 Å². The number of rotatable bonds is 6. The zero-order chi connectivity index (χ0) is 13.5. The maximum Gasteiger partial charge on any atom is 0.221 e. The second kappa shape index (κ2) is 6.98. The van der Waals surface area contributed by atoms with Crippen molar-refractivity contribution in [2.45, 2.75) is 13.8 Å². The van der Waals surface area contributed by atoms with Gasteiger partial charge in [-0.3, -0.25) is 4.79 Å². The van der Waals surface area contributed by atoms with Crippen molar-refractivity contribution in [2.75, 3.05) is 36.5 Å². The summed E-state index contributed by atoms with van der Waals surface area (Å²) < 4.78 is 0. The third-order valence-electron chi connectivity index (χ3n) is 2.64. The van der Waals surface area contributed by atoms with E-state index < -0.39 is 0 Å². The lowest BCUT2D eigenvalue weighted by Gasteiger charge is -2.24. The minimum atomic E-state index is -0.119. The summed E-state index contributed by atoms with van der Waals surface area (Å²) in [5.41, 5.74) is 2.59. The van der Waals surface area contributed by atoms with Crippen molar-refractivity contribution in [3.05, 3.63) is 23.8 Å². The molecule has 0 radical (unpaired) electrons. The summed E-state index contributed by atoms with van der Waals surface area (Å²) in [6, 6.07) is 5.66. The van der Waals surface area contributed by atoms with Gasteiger partial charge in [0.15, 0.2) is 0 Å². The molecule has 1 rings (SSSR count). The number of aryl methyl sites for hydroxylation is 1. The molecule has 0 aliphatic heterocycles. The number of hydrogen-bond donors (Lipinski definition) is 3. The maximum absolute atomic E-state index is 11.1. The molecule has 1 aromatic carbocycles. The Balaban J connectivity index is 2.96. The molecule has 0 fully saturated rings. The summed E-state index contributed by atoms with van der Waals surface area (Å²) in [7, 11) is 0. The van der Waals surface area contributed by atoms with Crippen LogP contribution in [0.2, 0.25) is 0 Å². The van der Waals surface area contributed by atoms with Crippen molar-refractivity contribution in [3.63, 3.8) is 0 Å². The number of carbonyl (C=O) groups is 1. The minimum absolute atomic E-state index is 0.0172. The molecular weight excluding hydrogens is 232 g/mol. The highest BCUT2D eigenvalue weighted by molar-refractivity contribution is 5.90. The molecule has 0 aromatic heterocycles. The molecule has 0 saturated carbocycles. The fourth-order valence-corrected chi connectivity index (χ4v) is 1.74. The van der Waals surface area contributed by atoms with Crippen LogP contribution in [0.25, 0.3) is 0 Å². The Morgan fingerprint density at radius 3 is 2.39 bits per heavy atom. The largest absolute Gasteiger partial charge is 0.395 e. The van der Waals surface area contributed by atoms with Crippen LogP contribution in [0, 0.1) is 6.92 Å². The molecule has 0 atom stereocenters. The van der Waals surface area contributed by atoms with Crippen LogP contribution in [-0.4, -0.2) is 42.4 Å². The van der Waals surface area contributed by atoms with Gasteiger partial charge in [-0.05, 0) is 24.6 Å². The van der Waals surface area contributed by atoms with Gasteiger partial charge in [0.2, 0.25) is 5.91 Å². The van der Waals surface area contributed by atoms with Gasteiger partial charge in [-0.1, -0.05) is 6.07 Å². The third-order valence-corrected chi connectivity index (χ3v) is 2.64. The van der Waals surface area contributed by atoms with Crippen molar-refractivity contribution >= 4 is 17.3 Å². The number of anilines is 2. The Morgan fingerprint density at radius 1 is 1.28 bits per heavy atom. The van der Waals surface area contributed by atoms with E-state index in [1.807, 2.05) is 30.0 Å². The number of aliphatic hydroxyl groups excluding tert-OH is 2. The number of benzene rings is 1. The smallest absolute Gasteiger partial charge is 0.221 e. The molecule has 0 bridgehead atoms. The summed E-state index contributed by atoms with van der Waals surface area (Å²) in [6.07, 6.45) is 0. The van der Waals surface area contributed by atoms with E-state index in [1.54, 1.807) is 0 Å². The fourth-order valence-electron chi connectivity index (χ4n) is 1.74. The van der Waals surface area contributed by atoms with Crippen molar-refractivity contribution in [1.29, 1.82) is 0 Å². The van der Waals surface area contributed by atoms with Crippen molar-refractivity contribution in [2.24, 2.45) is 0 Å². The summed E-state index contributed by atoms with van der Waals surface area (Å²) in [4.78, 5) is 13.0. The second-order valence-corrected chi connectivity index (χ2v) is 4.11. The van der Waals surface area contributed by atoms with Crippen LogP contribution in [0.4, 0.5) is 11.4 Å². The Labute approximate surface area is 107 Å². The van der Waals surface area contributed by atoms with Crippen LogP contribution >= 0.6 is 0 Å². The van der Waals surface area contributed by atoms with E-state index in [0.29, 0.717) is 13.1 Å². The quantitative estimate of drug-likeness (QED) is 0.698. The molecule has 5 heteroatoms. The fraction of sp³-hybridized carbons (Fsp3) is 0.462. The zero-order valence-electron chi connectivity index (χ0n) is 10.8. The molecule has 100 valence electrons. The Morgan fingerprint density at radius 2 is 1.89 bits per heavy atom. The molecule has 0 unspecified atom stereocenters. The Bertz CT molecular complexity index is 401. The highest BCUT2D eigenvalue weighted by Crippen LogP contribution is 2.23. The first-order valence-electron chi connectivity index (χ1n) is 5.93. The molecule has 1 amide bonds. The van der Waals surface area contributed by atoms with Gasteiger partial charge in [0.1, 0.15) is 0 Å². The van der Waals surface area contributed by atoms with Crippen molar-refractivity contribution in [3.8, 4) is 0 Å². The van der Waals surface area contributed by atoms with E-state index in [-0.39, 0.29) is 19.1 Å². The van der Waals surface area contributed by atoms with Gasteiger partial charge < -0.3 is 20.4 Å². The first-order chi connectivity index (χ1) is 8.58. The van der Waals surface area contributed by atoms with E-state index in [4.69, 9.17) is 10.2 Å². The normalized spacial score (nSPS) is 10.2. The van der Waals surface area contributed by atoms with Gasteiger partial charge >= 0.3 is 0 Å². The topological polar surface area (TPSA) is 72.8 Å².